The van der Waals surface area contributed by atoms with Gasteiger partial charge in [-0.3, -0.25) is 4.79 Å². The molecule has 0 aliphatic rings. The minimum absolute atomic E-state index is 0.0225. The Morgan fingerprint density at radius 3 is 2.37 bits per heavy atom. The van der Waals surface area contributed by atoms with Gasteiger partial charge >= 0.3 is 6.09 Å². The highest BCUT2D eigenvalue weighted by Gasteiger charge is 2.37. The summed E-state index contributed by atoms with van der Waals surface area (Å²) in [4.78, 5) is 23.3. The van der Waals surface area contributed by atoms with E-state index in [-0.39, 0.29) is 23.5 Å². The molecule has 150 valence electrons. The molecule has 0 spiro atoms. The highest BCUT2D eigenvalue weighted by molar-refractivity contribution is 6.74. The Hall–Kier alpha value is -1.92. The quantitative estimate of drug-likeness (QED) is 0.483. The number of ketones is 1. The van der Waals surface area contributed by atoms with Crippen molar-refractivity contribution < 1.29 is 18.8 Å². The lowest BCUT2D eigenvalue weighted by atomic mass is 10.2. The maximum atomic E-state index is 12.2. The standard InChI is InChI=1S/C21H33NO4Si/c1-17(23)11-10-14-19(16-26-27(5,6)21(2,3)4)22-20(24)25-15-18-12-8-7-9-13-18/h7-13,19H,14-16H2,1-6H3,(H,22,24)/b11-10+/t19-/m0/s1. The van der Waals surface area contributed by atoms with Crippen LogP contribution < -0.4 is 5.32 Å². The third kappa shape index (κ3) is 9.02. The Morgan fingerprint density at radius 2 is 1.81 bits per heavy atom. The first-order valence-electron chi connectivity index (χ1n) is 9.29. The summed E-state index contributed by atoms with van der Waals surface area (Å²) in [6.45, 7) is 13.0. The minimum atomic E-state index is -1.93. The van der Waals surface area contributed by atoms with E-state index in [9.17, 15) is 9.59 Å². The number of amides is 1. The molecule has 1 amide bonds. The van der Waals surface area contributed by atoms with Crippen LogP contribution >= 0.6 is 0 Å². The number of hydrogen-bond donors (Lipinski definition) is 1. The number of alkyl carbamates (subject to hydrolysis) is 1. The van der Waals surface area contributed by atoms with E-state index in [2.05, 4.69) is 39.2 Å². The Labute approximate surface area is 164 Å². The van der Waals surface area contributed by atoms with Gasteiger partial charge in [-0.15, -0.1) is 0 Å². The second-order valence-corrected chi connectivity index (χ2v) is 13.0. The molecule has 0 unspecified atom stereocenters. The number of benzene rings is 1. The van der Waals surface area contributed by atoms with E-state index in [1.165, 1.54) is 13.0 Å². The largest absolute Gasteiger partial charge is 0.445 e. The van der Waals surface area contributed by atoms with Crippen LogP contribution in [0.4, 0.5) is 4.79 Å². The van der Waals surface area contributed by atoms with Gasteiger partial charge in [-0.2, -0.15) is 0 Å². The number of rotatable bonds is 9. The highest BCUT2D eigenvalue weighted by Crippen LogP contribution is 2.36. The van der Waals surface area contributed by atoms with Gasteiger partial charge in [0.1, 0.15) is 6.61 Å². The van der Waals surface area contributed by atoms with Crippen LogP contribution in [0.1, 0.15) is 39.7 Å². The van der Waals surface area contributed by atoms with Crippen LogP contribution in [-0.4, -0.2) is 32.8 Å². The first kappa shape index (κ1) is 23.1. The smallest absolute Gasteiger partial charge is 0.407 e. The van der Waals surface area contributed by atoms with Crippen molar-refractivity contribution in [2.45, 2.75) is 64.9 Å². The van der Waals surface area contributed by atoms with Crippen molar-refractivity contribution in [3.05, 3.63) is 48.0 Å². The van der Waals surface area contributed by atoms with Crippen molar-refractivity contribution in [2.75, 3.05) is 6.61 Å². The van der Waals surface area contributed by atoms with E-state index < -0.39 is 14.4 Å². The fourth-order valence-electron chi connectivity index (χ4n) is 2.02. The number of hydrogen-bond acceptors (Lipinski definition) is 4. The van der Waals surface area contributed by atoms with E-state index >= 15 is 0 Å². The molecule has 0 radical (unpaired) electrons. The van der Waals surface area contributed by atoms with Crippen LogP contribution in [0.2, 0.25) is 18.1 Å². The summed E-state index contributed by atoms with van der Waals surface area (Å²) in [5.74, 6) is -0.0225. The van der Waals surface area contributed by atoms with E-state index in [1.54, 1.807) is 6.08 Å². The molecule has 6 heteroatoms. The molecule has 0 fully saturated rings. The first-order valence-corrected chi connectivity index (χ1v) is 12.2. The van der Waals surface area contributed by atoms with Crippen LogP contribution in [0.5, 0.6) is 0 Å². The van der Waals surface area contributed by atoms with Gasteiger partial charge in [-0.05, 0) is 43.1 Å². The van der Waals surface area contributed by atoms with Crippen LogP contribution in [-0.2, 0) is 20.6 Å². The van der Waals surface area contributed by atoms with E-state index in [4.69, 9.17) is 9.16 Å². The molecule has 0 bridgehead atoms. The fourth-order valence-corrected chi connectivity index (χ4v) is 3.07. The number of ether oxygens (including phenoxy) is 1. The van der Waals surface area contributed by atoms with Crippen molar-refractivity contribution in [2.24, 2.45) is 0 Å². The van der Waals surface area contributed by atoms with E-state index in [0.717, 1.165) is 5.56 Å². The summed E-state index contributed by atoms with van der Waals surface area (Å²) >= 11 is 0. The first-order chi connectivity index (χ1) is 12.5. The van der Waals surface area contributed by atoms with Gasteiger partial charge in [0.25, 0.3) is 0 Å². The predicted octanol–water partition coefficient (Wildman–Crippen LogP) is 4.84. The lowest BCUT2D eigenvalue weighted by Crippen LogP contribution is -2.46. The van der Waals surface area contributed by atoms with E-state index in [1.807, 2.05) is 30.3 Å². The molecule has 0 saturated carbocycles. The molecular formula is C21H33NO4Si. The van der Waals surface area contributed by atoms with Crippen LogP contribution in [0.3, 0.4) is 0 Å². The molecule has 0 heterocycles. The second-order valence-electron chi connectivity index (χ2n) is 8.22. The van der Waals surface area contributed by atoms with Gasteiger partial charge in [-0.1, -0.05) is 57.2 Å². The van der Waals surface area contributed by atoms with Crippen LogP contribution in [0, 0.1) is 0 Å². The van der Waals surface area contributed by atoms with Gasteiger partial charge in [-0.25, -0.2) is 4.79 Å². The van der Waals surface area contributed by atoms with Crippen molar-refractivity contribution in [3.8, 4) is 0 Å². The van der Waals surface area contributed by atoms with Gasteiger partial charge in [0.15, 0.2) is 14.1 Å². The average Bonchev–Trinajstić information content (AvgIpc) is 2.57. The molecule has 1 atom stereocenters. The summed E-state index contributed by atoms with van der Waals surface area (Å²) in [5, 5.41) is 2.94. The van der Waals surface area contributed by atoms with Gasteiger partial charge in [0, 0.05) is 0 Å². The normalized spacial score (nSPS) is 13.4. The zero-order valence-electron chi connectivity index (χ0n) is 17.4. The summed E-state index contributed by atoms with van der Waals surface area (Å²) in [5.41, 5.74) is 0.929. The lowest BCUT2D eigenvalue weighted by Gasteiger charge is -2.37. The average molecular weight is 392 g/mol. The van der Waals surface area contributed by atoms with E-state index in [0.29, 0.717) is 13.0 Å². The Morgan fingerprint density at radius 1 is 1.19 bits per heavy atom. The second kappa shape index (κ2) is 10.4. The van der Waals surface area contributed by atoms with Gasteiger partial charge in [0.2, 0.25) is 0 Å². The van der Waals surface area contributed by atoms with Crippen molar-refractivity contribution in [1.29, 1.82) is 0 Å². The molecule has 0 aliphatic heterocycles. The Kier molecular flexibility index (Phi) is 8.92. The zero-order valence-corrected chi connectivity index (χ0v) is 18.4. The zero-order chi connectivity index (χ0) is 20.5. The molecule has 5 nitrogen and oxygen atoms in total. The lowest BCUT2D eigenvalue weighted by molar-refractivity contribution is -0.112. The summed E-state index contributed by atoms with van der Waals surface area (Å²) in [7, 11) is -1.93. The predicted molar refractivity (Wildman–Crippen MR) is 111 cm³/mol. The van der Waals surface area contributed by atoms with Crippen molar-refractivity contribution in [3.63, 3.8) is 0 Å². The Balaban J connectivity index is 2.64. The van der Waals surface area contributed by atoms with Gasteiger partial charge < -0.3 is 14.5 Å². The molecule has 1 N–H and O–H groups in total. The summed E-state index contributed by atoms with van der Waals surface area (Å²) in [6.07, 6.45) is 3.30. The monoisotopic (exact) mass is 391 g/mol. The van der Waals surface area contributed by atoms with Gasteiger partial charge in [0.05, 0.1) is 12.6 Å². The number of carbonyl (C=O) groups excluding carboxylic acids is 2. The van der Waals surface area contributed by atoms with Crippen molar-refractivity contribution >= 4 is 20.2 Å². The maximum absolute atomic E-state index is 12.2. The van der Waals surface area contributed by atoms with Crippen molar-refractivity contribution in [1.82, 2.24) is 5.32 Å². The molecule has 27 heavy (non-hydrogen) atoms. The summed E-state index contributed by atoms with van der Waals surface area (Å²) < 4.78 is 11.5. The third-order valence-corrected chi connectivity index (χ3v) is 9.26. The summed E-state index contributed by atoms with van der Waals surface area (Å²) in [6, 6.07) is 9.27. The molecule has 0 aliphatic carbocycles. The SMILES string of the molecule is CC(=O)/C=C/C[C@@H](CO[Si](C)(C)C(C)(C)C)NC(=O)OCc1ccccc1. The Bertz CT molecular complexity index is 635. The van der Waals surface area contributed by atoms with Crippen LogP contribution in [0.15, 0.2) is 42.5 Å². The third-order valence-electron chi connectivity index (χ3n) is 4.76. The fraction of sp³-hybridized carbons (Fsp3) is 0.524. The molecule has 1 aromatic rings. The molecular weight excluding hydrogens is 358 g/mol. The minimum Gasteiger partial charge on any atom is -0.445 e. The number of carbonyl (C=O) groups is 2. The molecule has 0 saturated heterocycles. The maximum Gasteiger partial charge on any atom is 0.407 e. The highest BCUT2D eigenvalue weighted by atomic mass is 28.4. The number of nitrogens with one attached hydrogen (secondary N) is 1. The van der Waals surface area contributed by atoms with Crippen LogP contribution in [0.25, 0.3) is 0 Å². The number of allylic oxidation sites excluding steroid dienone is 1. The molecule has 1 aromatic carbocycles. The molecule has 0 aromatic heterocycles. The topological polar surface area (TPSA) is 64.6 Å². The molecule has 1 rings (SSSR count).